The summed E-state index contributed by atoms with van der Waals surface area (Å²) in [6, 6.07) is 27.6. The quantitative estimate of drug-likeness (QED) is 0.552. The first kappa shape index (κ1) is 21.0. The predicted octanol–water partition coefficient (Wildman–Crippen LogP) is 5.34. The summed E-state index contributed by atoms with van der Waals surface area (Å²) in [4.78, 5) is 17.5. The molecule has 2 heterocycles. The largest absolute Gasteiger partial charge is 0.334 e. The van der Waals surface area contributed by atoms with Crippen molar-refractivity contribution < 1.29 is 4.79 Å². The number of nitrogens with zero attached hydrogens (tertiary/aromatic N) is 2. The molecular weight excluding hydrogens is 392 g/mol. The first-order chi connectivity index (χ1) is 15.7. The average Bonchev–Trinajstić information content (AvgIpc) is 2.86. The van der Waals surface area contributed by atoms with Gasteiger partial charge in [-0.2, -0.15) is 0 Å². The highest BCUT2D eigenvalue weighted by atomic mass is 16.2. The van der Waals surface area contributed by atoms with E-state index >= 15 is 0 Å². The Morgan fingerprint density at radius 1 is 0.750 bits per heavy atom. The highest BCUT2D eigenvalue weighted by molar-refractivity contribution is 5.94. The molecule has 3 aromatic carbocycles. The van der Waals surface area contributed by atoms with Gasteiger partial charge in [0.05, 0.1) is 0 Å². The van der Waals surface area contributed by atoms with Crippen molar-refractivity contribution in [1.29, 1.82) is 0 Å². The van der Waals surface area contributed by atoms with Crippen LogP contribution < -0.4 is 0 Å². The molecule has 32 heavy (non-hydrogen) atoms. The van der Waals surface area contributed by atoms with E-state index in [2.05, 4.69) is 71.6 Å². The van der Waals surface area contributed by atoms with Crippen LogP contribution in [0, 0.1) is 5.92 Å². The fraction of sp³-hybridized carbons (Fsp3) is 0.345. The van der Waals surface area contributed by atoms with E-state index in [1.54, 1.807) is 0 Å². The molecule has 0 spiro atoms. The van der Waals surface area contributed by atoms with E-state index in [1.165, 1.54) is 41.5 Å². The minimum Gasteiger partial charge on any atom is -0.334 e. The SMILES string of the molecule is O=C(c1ccc(CN2CCC(Cc3ccccc3)CC2)cc1)N1CCc2ccccc2C1. The molecule has 3 heteroatoms. The first-order valence-corrected chi connectivity index (χ1v) is 12.0. The summed E-state index contributed by atoms with van der Waals surface area (Å²) in [6.07, 6.45) is 4.68. The molecule has 2 aliphatic rings. The molecule has 0 saturated carbocycles. The number of likely N-dealkylation sites (tertiary alicyclic amines) is 1. The molecule has 0 N–H and O–H groups in total. The zero-order chi connectivity index (χ0) is 21.8. The third-order valence-corrected chi connectivity index (χ3v) is 7.10. The molecule has 1 fully saturated rings. The van der Waals surface area contributed by atoms with Gasteiger partial charge in [0.25, 0.3) is 5.91 Å². The lowest BCUT2D eigenvalue weighted by molar-refractivity contribution is 0.0734. The lowest BCUT2D eigenvalue weighted by Gasteiger charge is -2.32. The number of amides is 1. The van der Waals surface area contributed by atoms with Gasteiger partial charge in [0.2, 0.25) is 0 Å². The van der Waals surface area contributed by atoms with Crippen molar-refractivity contribution in [2.24, 2.45) is 5.92 Å². The molecule has 0 bridgehead atoms. The Balaban J connectivity index is 1.13. The fourth-order valence-electron chi connectivity index (χ4n) is 5.16. The van der Waals surface area contributed by atoms with Crippen LogP contribution in [0.2, 0.25) is 0 Å². The molecule has 1 saturated heterocycles. The van der Waals surface area contributed by atoms with Gasteiger partial charge in [0.1, 0.15) is 0 Å². The van der Waals surface area contributed by atoms with Gasteiger partial charge >= 0.3 is 0 Å². The maximum absolute atomic E-state index is 13.0. The fourth-order valence-corrected chi connectivity index (χ4v) is 5.16. The maximum atomic E-state index is 13.0. The van der Waals surface area contributed by atoms with Crippen LogP contribution in [0.1, 0.15) is 45.5 Å². The Morgan fingerprint density at radius 3 is 2.19 bits per heavy atom. The molecule has 5 rings (SSSR count). The number of rotatable bonds is 5. The van der Waals surface area contributed by atoms with Gasteiger partial charge < -0.3 is 4.90 Å². The van der Waals surface area contributed by atoms with Crippen LogP contribution in [0.25, 0.3) is 0 Å². The van der Waals surface area contributed by atoms with E-state index < -0.39 is 0 Å². The number of hydrogen-bond acceptors (Lipinski definition) is 2. The molecule has 164 valence electrons. The molecule has 3 nitrogen and oxygen atoms in total. The summed E-state index contributed by atoms with van der Waals surface area (Å²) in [5.41, 5.74) is 6.21. The number of carbonyl (C=O) groups is 1. The van der Waals surface area contributed by atoms with Crippen molar-refractivity contribution in [2.75, 3.05) is 19.6 Å². The van der Waals surface area contributed by atoms with Gasteiger partial charge in [-0.05, 0) is 79.1 Å². The second kappa shape index (κ2) is 9.70. The van der Waals surface area contributed by atoms with E-state index in [-0.39, 0.29) is 5.91 Å². The summed E-state index contributed by atoms with van der Waals surface area (Å²) in [7, 11) is 0. The molecule has 0 aromatic heterocycles. The molecular formula is C29H32N2O. The molecule has 0 atom stereocenters. The third-order valence-electron chi connectivity index (χ3n) is 7.10. The number of fused-ring (bicyclic) bond motifs is 1. The summed E-state index contributed by atoms with van der Waals surface area (Å²) >= 11 is 0. The van der Waals surface area contributed by atoms with E-state index in [9.17, 15) is 4.79 Å². The smallest absolute Gasteiger partial charge is 0.254 e. The first-order valence-electron chi connectivity index (χ1n) is 12.0. The molecule has 3 aromatic rings. The Kier molecular flexibility index (Phi) is 6.36. The number of piperidine rings is 1. The predicted molar refractivity (Wildman–Crippen MR) is 129 cm³/mol. The Bertz CT molecular complexity index is 1040. The number of carbonyl (C=O) groups excluding carboxylic acids is 1. The summed E-state index contributed by atoms with van der Waals surface area (Å²) < 4.78 is 0. The summed E-state index contributed by atoms with van der Waals surface area (Å²) in [6.45, 7) is 4.81. The second-order valence-corrected chi connectivity index (χ2v) is 9.35. The van der Waals surface area contributed by atoms with Gasteiger partial charge in [-0.25, -0.2) is 0 Å². The normalized spacial score (nSPS) is 17.2. The van der Waals surface area contributed by atoms with Gasteiger partial charge in [-0.15, -0.1) is 0 Å². The van der Waals surface area contributed by atoms with Crippen molar-refractivity contribution in [3.05, 3.63) is 107 Å². The van der Waals surface area contributed by atoms with Crippen molar-refractivity contribution in [3.8, 4) is 0 Å². The third kappa shape index (κ3) is 4.94. The monoisotopic (exact) mass is 424 g/mol. The van der Waals surface area contributed by atoms with Gasteiger partial charge in [0, 0.05) is 25.2 Å². The Labute approximate surface area is 191 Å². The van der Waals surface area contributed by atoms with Crippen molar-refractivity contribution in [3.63, 3.8) is 0 Å². The van der Waals surface area contributed by atoms with Crippen molar-refractivity contribution >= 4 is 5.91 Å². The molecule has 0 aliphatic carbocycles. The van der Waals surface area contributed by atoms with Crippen LogP contribution in [-0.2, 0) is 25.9 Å². The molecule has 2 aliphatic heterocycles. The standard InChI is InChI=1S/C29H32N2O/c32-29(31-19-16-26-8-4-5-9-28(26)22-31)27-12-10-25(11-13-27)21-30-17-14-24(15-18-30)20-23-6-2-1-3-7-23/h1-13,24H,14-22H2. The minimum atomic E-state index is 0.146. The van der Waals surface area contributed by atoms with E-state index in [4.69, 9.17) is 0 Å². The zero-order valence-electron chi connectivity index (χ0n) is 18.7. The maximum Gasteiger partial charge on any atom is 0.254 e. The van der Waals surface area contributed by atoms with Gasteiger partial charge in [0.15, 0.2) is 0 Å². The van der Waals surface area contributed by atoms with Crippen LogP contribution in [0.4, 0.5) is 0 Å². The van der Waals surface area contributed by atoms with Crippen LogP contribution in [0.3, 0.4) is 0 Å². The number of hydrogen-bond donors (Lipinski definition) is 0. The van der Waals surface area contributed by atoms with Gasteiger partial charge in [-0.3, -0.25) is 9.69 Å². The molecule has 0 radical (unpaired) electrons. The Morgan fingerprint density at radius 2 is 1.44 bits per heavy atom. The van der Waals surface area contributed by atoms with Crippen molar-refractivity contribution in [1.82, 2.24) is 9.80 Å². The second-order valence-electron chi connectivity index (χ2n) is 9.35. The van der Waals surface area contributed by atoms with E-state index in [0.29, 0.717) is 6.54 Å². The summed E-state index contributed by atoms with van der Waals surface area (Å²) in [5.74, 6) is 0.941. The van der Waals surface area contributed by atoms with Crippen molar-refractivity contribution in [2.45, 2.75) is 38.8 Å². The van der Waals surface area contributed by atoms with Crippen LogP contribution in [0.15, 0.2) is 78.9 Å². The van der Waals surface area contributed by atoms with Crippen LogP contribution >= 0.6 is 0 Å². The lowest BCUT2D eigenvalue weighted by atomic mass is 9.90. The van der Waals surface area contributed by atoms with Crippen LogP contribution in [-0.4, -0.2) is 35.3 Å². The average molecular weight is 425 g/mol. The molecule has 1 amide bonds. The van der Waals surface area contributed by atoms with E-state index in [1.807, 2.05) is 17.0 Å². The summed E-state index contributed by atoms with van der Waals surface area (Å²) in [5, 5.41) is 0. The minimum absolute atomic E-state index is 0.146. The zero-order valence-corrected chi connectivity index (χ0v) is 18.7. The lowest BCUT2D eigenvalue weighted by Crippen LogP contribution is -2.36. The van der Waals surface area contributed by atoms with Crippen LogP contribution in [0.5, 0.6) is 0 Å². The highest BCUT2D eigenvalue weighted by Gasteiger charge is 2.22. The van der Waals surface area contributed by atoms with E-state index in [0.717, 1.165) is 44.1 Å². The van der Waals surface area contributed by atoms with Gasteiger partial charge in [-0.1, -0.05) is 66.7 Å². The highest BCUT2D eigenvalue weighted by Crippen LogP contribution is 2.24. The topological polar surface area (TPSA) is 23.6 Å². The number of benzene rings is 3. The molecule has 0 unspecified atom stereocenters. The Hall–Kier alpha value is -2.91.